The number of sulfonamides is 1. The Morgan fingerprint density at radius 1 is 1.06 bits per heavy atom. The number of fused-ring (bicyclic) bond motifs is 1. The molecule has 0 saturated carbocycles. The highest BCUT2D eigenvalue weighted by atomic mass is 32.2. The third-order valence-electron chi connectivity index (χ3n) is 5.42. The maximum atomic E-state index is 14.2. The first-order chi connectivity index (χ1) is 16.2. The molecule has 10 heteroatoms. The van der Waals surface area contributed by atoms with Gasteiger partial charge in [-0.2, -0.15) is 4.31 Å². The summed E-state index contributed by atoms with van der Waals surface area (Å²) in [6.45, 7) is 1.31. The number of amides is 3. The molecule has 3 amide bonds. The van der Waals surface area contributed by atoms with Gasteiger partial charge in [0.15, 0.2) is 0 Å². The molecule has 176 valence electrons. The van der Waals surface area contributed by atoms with Gasteiger partial charge >= 0.3 is 6.03 Å². The van der Waals surface area contributed by atoms with E-state index >= 15 is 0 Å². The molecule has 3 aromatic carbocycles. The summed E-state index contributed by atoms with van der Waals surface area (Å²) >= 11 is 0. The molecule has 3 aromatic rings. The van der Waals surface area contributed by atoms with Crippen LogP contribution in [0.5, 0.6) is 5.75 Å². The van der Waals surface area contributed by atoms with Crippen molar-refractivity contribution in [3.63, 3.8) is 0 Å². The Hall–Kier alpha value is -3.92. The minimum atomic E-state index is -4.31. The van der Waals surface area contributed by atoms with Gasteiger partial charge in [-0.3, -0.25) is 9.69 Å². The zero-order valence-electron chi connectivity index (χ0n) is 18.5. The molecule has 0 fully saturated rings. The molecule has 1 aliphatic heterocycles. The highest BCUT2D eigenvalue weighted by Gasteiger charge is 2.43. The standard InChI is InChI=1S/C24H22FN3O5S/c1-16-7-10-18(13-20(16)25)28-24(30)27(21-5-3-4-6-22(21)34(28,31)32)15-23(29)26-14-17-8-11-19(33-2)12-9-17/h3-13H,14-15H2,1-2H3,(H,26,29). The number of urea groups is 1. The Kier molecular flexibility index (Phi) is 6.25. The molecule has 1 heterocycles. The topological polar surface area (TPSA) is 96.0 Å². The number of halogens is 1. The predicted octanol–water partition coefficient (Wildman–Crippen LogP) is 3.59. The molecule has 0 aliphatic carbocycles. The van der Waals surface area contributed by atoms with Crippen molar-refractivity contribution < 1.29 is 27.1 Å². The smallest absolute Gasteiger partial charge is 0.343 e. The fraction of sp³-hybridized carbons (Fsp3) is 0.167. The molecule has 4 rings (SSSR count). The van der Waals surface area contributed by atoms with Crippen LogP contribution in [-0.2, 0) is 21.4 Å². The molecule has 0 saturated heterocycles. The number of carbonyl (C=O) groups excluding carboxylic acids is 2. The number of methoxy groups -OCH3 is 1. The molecular formula is C24H22FN3O5S. The van der Waals surface area contributed by atoms with Gasteiger partial charge < -0.3 is 10.1 Å². The van der Waals surface area contributed by atoms with Gasteiger partial charge in [-0.25, -0.2) is 17.6 Å². The number of rotatable bonds is 6. The summed E-state index contributed by atoms with van der Waals surface area (Å²) in [6.07, 6.45) is 0. The van der Waals surface area contributed by atoms with Gasteiger partial charge in [-0.15, -0.1) is 0 Å². The number of nitrogens with zero attached hydrogens (tertiary/aromatic N) is 2. The van der Waals surface area contributed by atoms with Gasteiger partial charge in [0.2, 0.25) is 5.91 Å². The lowest BCUT2D eigenvalue weighted by Gasteiger charge is -2.35. The summed E-state index contributed by atoms with van der Waals surface area (Å²) in [7, 11) is -2.76. The van der Waals surface area contributed by atoms with E-state index in [-0.39, 0.29) is 22.8 Å². The van der Waals surface area contributed by atoms with Crippen LogP contribution in [0.15, 0.2) is 71.6 Å². The Balaban J connectivity index is 1.62. The van der Waals surface area contributed by atoms with Crippen molar-refractivity contribution in [1.29, 1.82) is 0 Å². The SMILES string of the molecule is COc1ccc(CNC(=O)CN2C(=O)N(c3ccc(C)c(F)c3)S(=O)(=O)c3ccccc32)cc1. The van der Waals surface area contributed by atoms with E-state index in [0.29, 0.717) is 15.6 Å². The molecule has 8 nitrogen and oxygen atoms in total. The third kappa shape index (κ3) is 4.32. The second-order valence-corrected chi connectivity index (χ2v) is 9.42. The van der Waals surface area contributed by atoms with Gasteiger partial charge in [-0.1, -0.05) is 30.3 Å². The fourth-order valence-corrected chi connectivity index (χ4v) is 5.15. The van der Waals surface area contributed by atoms with E-state index in [0.717, 1.165) is 16.5 Å². The summed E-state index contributed by atoms with van der Waals surface area (Å²) in [5, 5.41) is 2.73. The Morgan fingerprint density at radius 3 is 2.44 bits per heavy atom. The van der Waals surface area contributed by atoms with Gasteiger partial charge in [0.1, 0.15) is 23.0 Å². The first-order valence-electron chi connectivity index (χ1n) is 10.3. The first-order valence-corrected chi connectivity index (χ1v) is 11.8. The van der Waals surface area contributed by atoms with Crippen molar-refractivity contribution in [1.82, 2.24) is 5.32 Å². The average Bonchev–Trinajstić information content (AvgIpc) is 2.83. The van der Waals surface area contributed by atoms with Crippen molar-refractivity contribution >= 4 is 33.3 Å². The molecule has 0 atom stereocenters. The van der Waals surface area contributed by atoms with Gasteiger partial charge in [0.05, 0.1) is 18.5 Å². The van der Waals surface area contributed by atoms with Gasteiger partial charge in [0, 0.05) is 6.54 Å². The number of hydrogen-bond donors (Lipinski definition) is 1. The average molecular weight is 484 g/mol. The number of nitrogens with one attached hydrogen (secondary N) is 1. The van der Waals surface area contributed by atoms with Crippen molar-refractivity contribution in [3.8, 4) is 5.75 Å². The Morgan fingerprint density at radius 2 is 1.76 bits per heavy atom. The minimum absolute atomic E-state index is 0.0796. The molecule has 0 radical (unpaired) electrons. The van der Waals surface area contributed by atoms with Crippen molar-refractivity contribution in [2.45, 2.75) is 18.4 Å². The molecular weight excluding hydrogens is 461 g/mol. The van der Waals surface area contributed by atoms with Crippen LogP contribution in [0.1, 0.15) is 11.1 Å². The number of benzene rings is 3. The maximum absolute atomic E-state index is 14.2. The number of anilines is 2. The Bertz CT molecular complexity index is 1360. The highest BCUT2D eigenvalue weighted by molar-refractivity contribution is 7.94. The quantitative estimate of drug-likeness (QED) is 0.578. The number of para-hydroxylation sites is 1. The van der Waals surface area contributed by atoms with Crippen LogP contribution in [-0.4, -0.2) is 34.0 Å². The number of ether oxygens (including phenoxy) is 1. The monoisotopic (exact) mass is 483 g/mol. The second-order valence-electron chi connectivity index (χ2n) is 7.66. The molecule has 1 aliphatic rings. The van der Waals surface area contributed by atoms with E-state index in [1.165, 1.54) is 37.3 Å². The largest absolute Gasteiger partial charge is 0.497 e. The van der Waals surface area contributed by atoms with Crippen molar-refractivity contribution in [2.75, 3.05) is 22.9 Å². The van der Waals surface area contributed by atoms with Crippen LogP contribution in [0, 0.1) is 12.7 Å². The van der Waals surface area contributed by atoms with Gasteiger partial charge in [-0.05, 0) is 54.4 Å². The summed E-state index contributed by atoms with van der Waals surface area (Å²) in [6, 6.07) is 15.7. The van der Waals surface area contributed by atoms with Crippen LogP contribution in [0.2, 0.25) is 0 Å². The van der Waals surface area contributed by atoms with Crippen molar-refractivity contribution in [2.24, 2.45) is 0 Å². The molecule has 0 aromatic heterocycles. The molecule has 0 bridgehead atoms. The molecule has 1 N–H and O–H groups in total. The summed E-state index contributed by atoms with van der Waals surface area (Å²) in [4.78, 5) is 27.0. The number of hydrogen-bond acceptors (Lipinski definition) is 5. The lowest BCUT2D eigenvalue weighted by atomic mass is 10.2. The van der Waals surface area contributed by atoms with E-state index in [9.17, 15) is 22.4 Å². The highest BCUT2D eigenvalue weighted by Crippen LogP contribution is 2.37. The first kappa shape index (κ1) is 23.2. The normalized spacial score (nSPS) is 14.5. The van der Waals surface area contributed by atoms with E-state index in [4.69, 9.17) is 4.74 Å². The molecule has 0 spiro atoms. The van der Waals surface area contributed by atoms with Crippen LogP contribution in [0.4, 0.5) is 20.6 Å². The minimum Gasteiger partial charge on any atom is -0.497 e. The van der Waals surface area contributed by atoms with Crippen LogP contribution >= 0.6 is 0 Å². The fourth-order valence-electron chi connectivity index (χ4n) is 3.57. The molecule has 34 heavy (non-hydrogen) atoms. The number of aryl methyl sites for hydroxylation is 1. The summed E-state index contributed by atoms with van der Waals surface area (Å²) in [5.74, 6) is -0.462. The van der Waals surface area contributed by atoms with E-state index < -0.39 is 34.3 Å². The van der Waals surface area contributed by atoms with Crippen LogP contribution < -0.4 is 19.3 Å². The summed E-state index contributed by atoms with van der Waals surface area (Å²) < 4.78 is 46.3. The summed E-state index contributed by atoms with van der Waals surface area (Å²) in [5.41, 5.74) is 1.06. The lowest BCUT2D eigenvalue weighted by Crippen LogP contribution is -2.53. The predicted molar refractivity (Wildman–Crippen MR) is 125 cm³/mol. The maximum Gasteiger partial charge on any atom is 0.343 e. The lowest BCUT2D eigenvalue weighted by molar-refractivity contribution is -0.119. The van der Waals surface area contributed by atoms with E-state index in [2.05, 4.69) is 5.32 Å². The van der Waals surface area contributed by atoms with Crippen LogP contribution in [0.25, 0.3) is 0 Å². The number of carbonyl (C=O) groups is 2. The molecule has 0 unspecified atom stereocenters. The van der Waals surface area contributed by atoms with Crippen molar-refractivity contribution in [3.05, 3.63) is 83.7 Å². The van der Waals surface area contributed by atoms with Crippen LogP contribution in [0.3, 0.4) is 0 Å². The zero-order chi connectivity index (χ0) is 24.5. The van der Waals surface area contributed by atoms with E-state index in [1.54, 1.807) is 37.4 Å². The van der Waals surface area contributed by atoms with Gasteiger partial charge in [0.25, 0.3) is 10.0 Å². The zero-order valence-corrected chi connectivity index (χ0v) is 19.3. The van der Waals surface area contributed by atoms with E-state index in [1.807, 2.05) is 0 Å². The second kappa shape index (κ2) is 9.14. The Labute approximate surface area is 196 Å². The third-order valence-corrected chi connectivity index (χ3v) is 7.17.